The summed E-state index contributed by atoms with van der Waals surface area (Å²) in [5, 5.41) is 0. The number of halogens is 2. The van der Waals surface area contributed by atoms with Crippen LogP contribution in [0.25, 0.3) is 5.69 Å². The molecule has 0 saturated heterocycles. The second-order valence-electron chi connectivity index (χ2n) is 4.62. The van der Waals surface area contributed by atoms with Crippen molar-refractivity contribution in [3.8, 4) is 5.69 Å². The molecule has 0 fully saturated rings. The van der Waals surface area contributed by atoms with Gasteiger partial charge in [0.1, 0.15) is 0 Å². The summed E-state index contributed by atoms with van der Waals surface area (Å²) in [6.07, 6.45) is -2.97. The van der Waals surface area contributed by atoms with E-state index in [0.717, 1.165) is 16.9 Å². The Bertz CT molecular complexity index is 612. The first-order chi connectivity index (χ1) is 8.91. The van der Waals surface area contributed by atoms with Crippen LogP contribution in [-0.4, -0.2) is 16.8 Å². The van der Waals surface area contributed by atoms with Gasteiger partial charge in [-0.1, -0.05) is 17.7 Å². The number of Topliss-reactive ketones (excluding diaryl/α,β-unsaturated/α-hetero) is 1. The fourth-order valence-corrected chi connectivity index (χ4v) is 2.22. The van der Waals surface area contributed by atoms with Gasteiger partial charge in [0.05, 0.1) is 0 Å². The van der Waals surface area contributed by atoms with Gasteiger partial charge in [0, 0.05) is 22.6 Å². The zero-order valence-corrected chi connectivity index (χ0v) is 11.1. The molecule has 0 aliphatic heterocycles. The molecule has 0 spiro atoms. The number of hydrogen-bond acceptors (Lipinski definition) is 1. The number of aromatic nitrogens is 1. The third-order valence-corrected chi connectivity index (χ3v) is 3.19. The van der Waals surface area contributed by atoms with Crippen LogP contribution in [0.15, 0.2) is 30.3 Å². The third kappa shape index (κ3) is 2.43. The first kappa shape index (κ1) is 13.5. The number of benzene rings is 1. The Morgan fingerprint density at radius 1 is 1.11 bits per heavy atom. The summed E-state index contributed by atoms with van der Waals surface area (Å²) >= 11 is 0. The van der Waals surface area contributed by atoms with Crippen molar-refractivity contribution in [2.45, 2.75) is 27.2 Å². The summed E-state index contributed by atoms with van der Waals surface area (Å²) in [7, 11) is 0. The van der Waals surface area contributed by atoms with E-state index in [2.05, 4.69) is 0 Å². The molecule has 0 unspecified atom stereocenters. The molecule has 0 saturated carbocycles. The van der Waals surface area contributed by atoms with E-state index >= 15 is 0 Å². The van der Waals surface area contributed by atoms with Gasteiger partial charge in [-0.2, -0.15) is 0 Å². The molecule has 0 atom stereocenters. The van der Waals surface area contributed by atoms with Crippen molar-refractivity contribution in [2.24, 2.45) is 0 Å². The Kier molecular flexibility index (Phi) is 3.51. The van der Waals surface area contributed by atoms with E-state index in [4.69, 9.17) is 0 Å². The topological polar surface area (TPSA) is 22.0 Å². The quantitative estimate of drug-likeness (QED) is 0.771. The Hall–Kier alpha value is -1.97. The molecular formula is C15H15F2NO. The first-order valence-electron chi connectivity index (χ1n) is 6.00. The van der Waals surface area contributed by atoms with Gasteiger partial charge < -0.3 is 4.57 Å². The zero-order valence-electron chi connectivity index (χ0n) is 11.1. The van der Waals surface area contributed by atoms with E-state index in [1.165, 1.54) is 6.07 Å². The molecule has 4 heteroatoms. The average molecular weight is 263 g/mol. The van der Waals surface area contributed by atoms with Crippen LogP contribution in [-0.2, 0) is 0 Å². The average Bonchev–Trinajstić information content (AvgIpc) is 2.65. The highest BCUT2D eigenvalue weighted by Crippen LogP contribution is 2.23. The minimum atomic E-state index is -2.97. The first-order valence-corrected chi connectivity index (χ1v) is 6.00. The normalized spacial score (nSPS) is 11.1. The van der Waals surface area contributed by atoms with E-state index in [1.54, 1.807) is 13.8 Å². The number of ketones is 1. The van der Waals surface area contributed by atoms with Crippen LogP contribution in [0, 0.1) is 20.8 Å². The lowest BCUT2D eigenvalue weighted by Gasteiger charge is -2.10. The Morgan fingerprint density at radius 2 is 1.68 bits per heavy atom. The number of rotatable bonds is 3. The van der Waals surface area contributed by atoms with Crippen LogP contribution in [0.1, 0.15) is 27.3 Å². The number of hydrogen-bond donors (Lipinski definition) is 0. The van der Waals surface area contributed by atoms with Gasteiger partial charge in [-0.3, -0.25) is 4.79 Å². The van der Waals surface area contributed by atoms with Gasteiger partial charge >= 0.3 is 6.43 Å². The molecule has 100 valence electrons. The lowest BCUT2D eigenvalue weighted by molar-refractivity contribution is 0.0678. The van der Waals surface area contributed by atoms with Crippen LogP contribution in [0.2, 0.25) is 0 Å². The van der Waals surface area contributed by atoms with Crippen LogP contribution in [0.3, 0.4) is 0 Å². The van der Waals surface area contributed by atoms with Gasteiger partial charge in [0.15, 0.2) is 0 Å². The molecule has 0 amide bonds. The molecule has 1 aromatic heterocycles. The van der Waals surface area contributed by atoms with Gasteiger partial charge in [0.2, 0.25) is 5.78 Å². The monoisotopic (exact) mass is 263 g/mol. The number of carbonyl (C=O) groups is 1. The SMILES string of the molecule is Cc1ccc(-n2c(C)cc(C(=O)C(F)F)c2C)cc1. The second kappa shape index (κ2) is 4.96. The van der Waals surface area contributed by atoms with Crippen LogP contribution in [0.4, 0.5) is 8.78 Å². The van der Waals surface area contributed by atoms with Crippen LogP contribution in [0.5, 0.6) is 0 Å². The molecule has 2 aromatic rings. The van der Waals surface area contributed by atoms with E-state index < -0.39 is 12.2 Å². The molecule has 19 heavy (non-hydrogen) atoms. The van der Waals surface area contributed by atoms with Gasteiger partial charge in [-0.15, -0.1) is 0 Å². The predicted molar refractivity (Wildman–Crippen MR) is 70.3 cm³/mol. The maximum Gasteiger partial charge on any atom is 0.300 e. The molecule has 0 radical (unpaired) electrons. The molecule has 2 nitrogen and oxygen atoms in total. The summed E-state index contributed by atoms with van der Waals surface area (Å²) in [6.45, 7) is 5.46. The smallest absolute Gasteiger partial charge is 0.300 e. The molecule has 0 bridgehead atoms. The Morgan fingerprint density at radius 3 is 2.21 bits per heavy atom. The molecule has 1 heterocycles. The lowest BCUT2D eigenvalue weighted by Crippen LogP contribution is -2.11. The van der Waals surface area contributed by atoms with Crippen molar-refractivity contribution in [3.05, 3.63) is 52.8 Å². The van der Waals surface area contributed by atoms with Crippen molar-refractivity contribution >= 4 is 5.78 Å². The van der Waals surface area contributed by atoms with Crippen molar-refractivity contribution < 1.29 is 13.6 Å². The highest BCUT2D eigenvalue weighted by atomic mass is 19.3. The largest absolute Gasteiger partial charge is 0.318 e. The highest BCUT2D eigenvalue weighted by molar-refractivity contribution is 5.99. The molecule has 0 N–H and O–H groups in total. The summed E-state index contributed by atoms with van der Waals surface area (Å²) in [4.78, 5) is 11.5. The lowest BCUT2D eigenvalue weighted by atomic mass is 10.1. The minimum absolute atomic E-state index is 0.0908. The molecular weight excluding hydrogens is 248 g/mol. The Labute approximate surface area is 110 Å². The summed E-state index contributed by atoms with van der Waals surface area (Å²) < 4.78 is 26.9. The summed E-state index contributed by atoms with van der Waals surface area (Å²) in [5.74, 6) is -1.12. The number of carbonyl (C=O) groups excluding carboxylic acids is 1. The van der Waals surface area contributed by atoms with Crippen molar-refractivity contribution in [3.63, 3.8) is 0 Å². The minimum Gasteiger partial charge on any atom is -0.318 e. The van der Waals surface area contributed by atoms with E-state index in [9.17, 15) is 13.6 Å². The van der Waals surface area contributed by atoms with E-state index in [0.29, 0.717) is 5.69 Å². The third-order valence-electron chi connectivity index (χ3n) is 3.19. The molecule has 0 aliphatic carbocycles. The Balaban J connectivity index is 2.54. The maximum absolute atomic E-state index is 12.5. The number of aryl methyl sites for hydroxylation is 2. The highest BCUT2D eigenvalue weighted by Gasteiger charge is 2.23. The van der Waals surface area contributed by atoms with Gasteiger partial charge in [-0.25, -0.2) is 8.78 Å². The number of nitrogens with zero attached hydrogens (tertiary/aromatic N) is 1. The summed E-state index contributed by atoms with van der Waals surface area (Å²) in [5.41, 5.74) is 3.40. The van der Waals surface area contributed by atoms with E-state index in [-0.39, 0.29) is 5.56 Å². The van der Waals surface area contributed by atoms with Crippen molar-refractivity contribution in [1.82, 2.24) is 4.57 Å². The molecule has 2 rings (SSSR count). The zero-order chi connectivity index (χ0) is 14.2. The fourth-order valence-electron chi connectivity index (χ4n) is 2.22. The summed E-state index contributed by atoms with van der Waals surface area (Å²) in [6, 6.07) is 9.23. The second-order valence-corrected chi connectivity index (χ2v) is 4.62. The van der Waals surface area contributed by atoms with E-state index in [1.807, 2.05) is 35.8 Å². The van der Waals surface area contributed by atoms with Crippen LogP contribution >= 0.6 is 0 Å². The van der Waals surface area contributed by atoms with Crippen molar-refractivity contribution in [2.75, 3.05) is 0 Å². The molecule has 1 aromatic carbocycles. The number of alkyl halides is 2. The van der Waals surface area contributed by atoms with Crippen LogP contribution < -0.4 is 0 Å². The maximum atomic E-state index is 12.5. The van der Waals surface area contributed by atoms with Crippen molar-refractivity contribution in [1.29, 1.82) is 0 Å². The predicted octanol–water partition coefficient (Wildman–Crippen LogP) is 3.85. The van der Waals surface area contributed by atoms with Gasteiger partial charge in [-0.05, 0) is 39.0 Å². The fraction of sp³-hybridized carbons (Fsp3) is 0.267. The van der Waals surface area contributed by atoms with Gasteiger partial charge in [0.25, 0.3) is 0 Å². The molecule has 0 aliphatic rings. The standard InChI is InChI=1S/C15H15F2NO/c1-9-4-6-12(7-5-9)18-10(2)8-13(11(18)3)14(19)15(16)17/h4-8,15H,1-3H3.